The van der Waals surface area contributed by atoms with Crippen LogP contribution in [0.4, 0.5) is 0 Å². The molecule has 0 heterocycles. The highest BCUT2D eigenvalue weighted by molar-refractivity contribution is 5.80. The fraction of sp³-hybridized carbons (Fsp3) is 0.894. The molecule has 0 saturated carbocycles. The van der Waals surface area contributed by atoms with Gasteiger partial charge in [0.15, 0.2) is 0 Å². The van der Waals surface area contributed by atoms with Crippen molar-refractivity contribution in [3.63, 3.8) is 0 Å². The second-order valence-electron chi connectivity index (χ2n) is 16.0. The van der Waals surface area contributed by atoms with Crippen molar-refractivity contribution in [2.75, 3.05) is 6.61 Å². The maximum Gasteiger partial charge on any atom is 0.249 e. The Kier molecular flexibility index (Phi) is 41.6. The van der Waals surface area contributed by atoms with E-state index in [1.807, 2.05) is 6.08 Å². The van der Waals surface area contributed by atoms with E-state index >= 15 is 0 Å². The van der Waals surface area contributed by atoms with Gasteiger partial charge < -0.3 is 20.6 Å². The van der Waals surface area contributed by atoms with Crippen LogP contribution >= 0.6 is 0 Å². The van der Waals surface area contributed by atoms with Crippen LogP contribution in [0.3, 0.4) is 0 Å². The first-order valence-electron chi connectivity index (χ1n) is 23.2. The van der Waals surface area contributed by atoms with Crippen molar-refractivity contribution >= 4 is 5.91 Å². The van der Waals surface area contributed by atoms with E-state index in [2.05, 4.69) is 31.3 Å². The van der Waals surface area contributed by atoms with Crippen molar-refractivity contribution in [1.82, 2.24) is 5.32 Å². The summed E-state index contributed by atoms with van der Waals surface area (Å²) in [5, 5.41) is 33.2. The number of aliphatic hydroxyl groups is 3. The minimum Gasteiger partial charge on any atom is -0.394 e. The summed E-state index contributed by atoms with van der Waals surface area (Å²) in [6, 6.07) is -0.811. The normalized spacial score (nSPS) is 13.7. The lowest BCUT2D eigenvalue weighted by Crippen LogP contribution is -2.48. The molecular formula is C47H91NO4. The summed E-state index contributed by atoms with van der Waals surface area (Å²) < 4.78 is 0. The van der Waals surface area contributed by atoms with Crippen molar-refractivity contribution in [2.45, 2.75) is 263 Å². The van der Waals surface area contributed by atoms with E-state index in [0.29, 0.717) is 6.42 Å². The molecule has 3 unspecified atom stereocenters. The summed E-state index contributed by atoms with van der Waals surface area (Å²) >= 11 is 0. The van der Waals surface area contributed by atoms with E-state index in [4.69, 9.17) is 0 Å². The van der Waals surface area contributed by atoms with Crippen LogP contribution in [0.15, 0.2) is 24.3 Å². The van der Waals surface area contributed by atoms with Crippen LogP contribution in [0.5, 0.6) is 0 Å². The molecule has 5 heteroatoms. The molecule has 0 radical (unpaired) electrons. The third-order valence-electron chi connectivity index (χ3n) is 10.8. The maximum atomic E-state index is 12.5. The van der Waals surface area contributed by atoms with Crippen molar-refractivity contribution in [2.24, 2.45) is 0 Å². The molecule has 0 rings (SSSR count). The highest BCUT2D eigenvalue weighted by Crippen LogP contribution is 2.16. The molecule has 0 aliphatic rings. The van der Waals surface area contributed by atoms with Crippen molar-refractivity contribution in [3.8, 4) is 0 Å². The monoisotopic (exact) mass is 734 g/mol. The Bertz CT molecular complexity index is 768. The molecule has 0 aliphatic heterocycles. The van der Waals surface area contributed by atoms with Gasteiger partial charge in [-0.3, -0.25) is 4.79 Å². The number of hydrogen-bond acceptors (Lipinski definition) is 4. The van der Waals surface area contributed by atoms with Gasteiger partial charge in [-0.25, -0.2) is 0 Å². The fourth-order valence-electron chi connectivity index (χ4n) is 7.14. The molecule has 0 aliphatic carbocycles. The number of carbonyl (C=O) groups excluding carboxylic acids is 1. The molecule has 308 valence electrons. The van der Waals surface area contributed by atoms with Gasteiger partial charge in [0, 0.05) is 0 Å². The summed E-state index contributed by atoms with van der Waals surface area (Å²) in [6.07, 6.45) is 52.2. The molecule has 0 bridgehead atoms. The van der Waals surface area contributed by atoms with Gasteiger partial charge in [0.1, 0.15) is 6.10 Å². The van der Waals surface area contributed by atoms with E-state index in [0.717, 1.165) is 38.5 Å². The smallest absolute Gasteiger partial charge is 0.249 e. The van der Waals surface area contributed by atoms with Crippen LogP contribution in [0.25, 0.3) is 0 Å². The van der Waals surface area contributed by atoms with Crippen LogP contribution in [-0.2, 0) is 4.79 Å². The summed E-state index contributed by atoms with van der Waals surface area (Å²) in [7, 11) is 0. The molecule has 0 aromatic carbocycles. The van der Waals surface area contributed by atoms with Crippen LogP contribution in [0, 0.1) is 0 Å². The van der Waals surface area contributed by atoms with Gasteiger partial charge in [-0.05, 0) is 32.1 Å². The van der Waals surface area contributed by atoms with Gasteiger partial charge in [0.25, 0.3) is 0 Å². The zero-order valence-electron chi connectivity index (χ0n) is 35.0. The van der Waals surface area contributed by atoms with Crippen LogP contribution in [0.2, 0.25) is 0 Å². The molecule has 0 aromatic rings. The quantitative estimate of drug-likeness (QED) is 0.0371. The van der Waals surface area contributed by atoms with E-state index in [1.165, 1.54) is 186 Å². The van der Waals surface area contributed by atoms with Gasteiger partial charge in [0.05, 0.1) is 18.8 Å². The molecule has 52 heavy (non-hydrogen) atoms. The maximum absolute atomic E-state index is 12.5. The minimum absolute atomic E-state index is 0.373. The second kappa shape index (κ2) is 42.6. The Labute approximate surface area is 324 Å². The Hall–Kier alpha value is -1.17. The molecule has 5 nitrogen and oxygen atoms in total. The zero-order valence-corrected chi connectivity index (χ0v) is 35.0. The molecule has 0 saturated heterocycles. The minimum atomic E-state index is -1.10. The summed E-state index contributed by atoms with van der Waals surface area (Å²) in [6.45, 7) is 4.19. The Balaban J connectivity index is 3.67. The Morgan fingerprint density at radius 1 is 0.462 bits per heavy atom. The van der Waals surface area contributed by atoms with Crippen LogP contribution < -0.4 is 5.32 Å². The first-order valence-corrected chi connectivity index (χ1v) is 23.2. The predicted molar refractivity (Wildman–Crippen MR) is 227 cm³/mol. The number of unbranched alkanes of at least 4 members (excludes halogenated alkanes) is 32. The van der Waals surface area contributed by atoms with Gasteiger partial charge >= 0.3 is 0 Å². The second-order valence-corrected chi connectivity index (χ2v) is 16.0. The number of amides is 1. The van der Waals surface area contributed by atoms with Crippen molar-refractivity contribution in [1.29, 1.82) is 0 Å². The molecule has 3 atom stereocenters. The molecule has 0 aromatic heterocycles. The third-order valence-corrected chi connectivity index (χ3v) is 10.8. The average Bonchev–Trinajstić information content (AvgIpc) is 3.15. The first-order chi connectivity index (χ1) is 25.6. The third kappa shape index (κ3) is 37.2. The standard InChI is InChI=1S/C47H91NO4/c1-3-5-7-9-11-13-15-17-19-21-23-24-26-27-29-31-33-35-37-39-41-45(50)44(43-49)48-47(52)46(51)42-40-38-36-34-32-30-28-25-22-20-18-16-14-12-10-8-6-4-2/h31,33,39,41,44-46,49-51H,3-30,32,34-38,40,42-43H2,1-2H3,(H,48,52)/b33-31+,41-39+. The molecule has 4 N–H and O–H groups in total. The number of nitrogens with one attached hydrogen (secondary N) is 1. The molecule has 0 spiro atoms. The van der Waals surface area contributed by atoms with Gasteiger partial charge in [-0.1, -0.05) is 237 Å². The van der Waals surface area contributed by atoms with E-state index < -0.39 is 24.2 Å². The van der Waals surface area contributed by atoms with Crippen molar-refractivity contribution < 1.29 is 20.1 Å². The largest absolute Gasteiger partial charge is 0.394 e. The number of aliphatic hydroxyl groups excluding tert-OH is 3. The Morgan fingerprint density at radius 3 is 1.17 bits per heavy atom. The molecule has 0 fully saturated rings. The molecular weight excluding hydrogens is 643 g/mol. The van der Waals surface area contributed by atoms with Crippen LogP contribution in [-0.4, -0.2) is 46.1 Å². The highest BCUT2D eigenvalue weighted by Gasteiger charge is 2.22. The summed E-state index contributed by atoms with van der Waals surface area (Å²) in [4.78, 5) is 12.5. The topological polar surface area (TPSA) is 89.8 Å². The predicted octanol–water partition coefficient (Wildman–Crippen LogP) is 13.4. The number of carbonyl (C=O) groups is 1. The van der Waals surface area contributed by atoms with E-state index in [1.54, 1.807) is 6.08 Å². The van der Waals surface area contributed by atoms with E-state index in [-0.39, 0.29) is 6.61 Å². The van der Waals surface area contributed by atoms with E-state index in [9.17, 15) is 20.1 Å². The summed E-state index contributed by atoms with van der Waals surface area (Å²) in [5.41, 5.74) is 0. The van der Waals surface area contributed by atoms with Gasteiger partial charge in [-0.2, -0.15) is 0 Å². The van der Waals surface area contributed by atoms with Crippen LogP contribution in [0.1, 0.15) is 245 Å². The fourth-order valence-corrected chi connectivity index (χ4v) is 7.14. The number of rotatable bonds is 42. The SMILES string of the molecule is CCCCCCCCCCCCCCCC/C=C/CC/C=C/C(O)C(CO)NC(=O)C(O)CCCCCCCCCCCCCCCCCCCC. The number of hydrogen-bond donors (Lipinski definition) is 4. The first kappa shape index (κ1) is 50.8. The zero-order chi connectivity index (χ0) is 38.0. The van der Waals surface area contributed by atoms with Gasteiger partial charge in [-0.15, -0.1) is 0 Å². The lowest BCUT2D eigenvalue weighted by molar-refractivity contribution is -0.131. The number of allylic oxidation sites excluding steroid dienone is 3. The summed E-state index contributed by atoms with van der Waals surface area (Å²) in [5.74, 6) is -0.509. The molecule has 1 amide bonds. The van der Waals surface area contributed by atoms with Gasteiger partial charge in [0.2, 0.25) is 5.91 Å². The average molecular weight is 734 g/mol. The lowest BCUT2D eigenvalue weighted by atomic mass is 10.0. The highest BCUT2D eigenvalue weighted by atomic mass is 16.3. The Morgan fingerprint density at radius 2 is 0.788 bits per heavy atom. The lowest BCUT2D eigenvalue weighted by Gasteiger charge is -2.21. The van der Waals surface area contributed by atoms with Crippen molar-refractivity contribution in [3.05, 3.63) is 24.3 Å².